The molecule has 3 heterocycles. The van der Waals surface area contributed by atoms with E-state index in [1.807, 2.05) is 24.3 Å². The lowest BCUT2D eigenvalue weighted by atomic mass is 10.1. The molecule has 144 valence electrons. The SMILES string of the molecule is O=C(NC[C@H](c1ccccc1Cl)N1CCCC1)c1cnc2ccccn2c1=O. The molecule has 0 radical (unpaired) electrons. The van der Waals surface area contributed by atoms with Gasteiger partial charge in [0, 0.05) is 24.0 Å². The van der Waals surface area contributed by atoms with E-state index >= 15 is 0 Å². The molecule has 2 aromatic heterocycles. The number of fused-ring (bicyclic) bond motifs is 1. The lowest BCUT2D eigenvalue weighted by molar-refractivity contribution is 0.0936. The molecule has 0 spiro atoms. The molecule has 1 fully saturated rings. The zero-order valence-electron chi connectivity index (χ0n) is 15.3. The van der Waals surface area contributed by atoms with Gasteiger partial charge in [0.15, 0.2) is 0 Å². The van der Waals surface area contributed by atoms with Crippen LogP contribution in [0.4, 0.5) is 0 Å². The number of hydrogen-bond donors (Lipinski definition) is 1. The average molecular weight is 397 g/mol. The van der Waals surface area contributed by atoms with E-state index in [-0.39, 0.29) is 17.2 Å². The maximum Gasteiger partial charge on any atom is 0.270 e. The van der Waals surface area contributed by atoms with Crippen LogP contribution in [0.5, 0.6) is 0 Å². The summed E-state index contributed by atoms with van der Waals surface area (Å²) in [5, 5.41) is 3.60. The number of carbonyl (C=O) groups is 1. The van der Waals surface area contributed by atoms with Gasteiger partial charge in [0.05, 0.1) is 6.04 Å². The van der Waals surface area contributed by atoms with Gasteiger partial charge in [-0.25, -0.2) is 4.98 Å². The normalized spacial score (nSPS) is 15.6. The van der Waals surface area contributed by atoms with Gasteiger partial charge in [-0.2, -0.15) is 0 Å². The van der Waals surface area contributed by atoms with Gasteiger partial charge in [-0.1, -0.05) is 35.9 Å². The van der Waals surface area contributed by atoms with Crippen molar-refractivity contribution in [3.8, 4) is 0 Å². The summed E-state index contributed by atoms with van der Waals surface area (Å²) in [6.45, 7) is 2.30. The standard InChI is InChI=1S/C21H21ClN4O2/c22-17-8-2-1-7-15(17)18(25-10-5-6-11-25)14-24-20(27)16-13-23-19-9-3-4-12-26(19)21(16)28/h1-4,7-9,12-13,18H,5-6,10-11,14H2,(H,24,27)/t18-/m1/s1. The molecule has 1 aliphatic heterocycles. The molecular formula is C21H21ClN4O2. The third-order valence-corrected chi connectivity index (χ3v) is 5.50. The van der Waals surface area contributed by atoms with Crippen LogP contribution in [0.3, 0.4) is 0 Å². The molecule has 4 rings (SSSR count). The van der Waals surface area contributed by atoms with Gasteiger partial charge in [-0.05, 0) is 49.7 Å². The molecule has 6 nitrogen and oxygen atoms in total. The summed E-state index contributed by atoms with van der Waals surface area (Å²) in [7, 11) is 0. The van der Waals surface area contributed by atoms with Crippen molar-refractivity contribution in [1.29, 1.82) is 0 Å². The Labute approximate surface area is 167 Å². The number of pyridine rings is 1. The zero-order valence-corrected chi connectivity index (χ0v) is 16.1. The third kappa shape index (κ3) is 3.66. The summed E-state index contributed by atoms with van der Waals surface area (Å²) in [4.78, 5) is 31.9. The highest BCUT2D eigenvalue weighted by atomic mass is 35.5. The van der Waals surface area contributed by atoms with Crippen molar-refractivity contribution in [2.45, 2.75) is 18.9 Å². The van der Waals surface area contributed by atoms with Crippen LogP contribution in [0.15, 0.2) is 59.7 Å². The molecule has 1 N–H and O–H groups in total. The molecule has 1 aliphatic rings. The lowest BCUT2D eigenvalue weighted by Gasteiger charge is -2.28. The predicted octanol–water partition coefficient (Wildman–Crippen LogP) is 2.91. The third-order valence-electron chi connectivity index (χ3n) is 5.16. The summed E-state index contributed by atoms with van der Waals surface area (Å²) < 4.78 is 1.38. The van der Waals surface area contributed by atoms with Crippen LogP contribution >= 0.6 is 11.6 Å². The lowest BCUT2D eigenvalue weighted by Crippen LogP contribution is -2.39. The highest BCUT2D eigenvalue weighted by Gasteiger charge is 2.26. The number of halogens is 1. The van der Waals surface area contributed by atoms with Crippen LogP contribution in [-0.2, 0) is 0 Å². The molecule has 7 heteroatoms. The first kappa shape index (κ1) is 18.7. The van der Waals surface area contributed by atoms with Crippen LogP contribution in [0, 0.1) is 0 Å². The molecule has 0 unspecified atom stereocenters. The number of hydrogen-bond acceptors (Lipinski definition) is 4. The molecule has 0 saturated carbocycles. The second-order valence-electron chi connectivity index (χ2n) is 6.90. The van der Waals surface area contributed by atoms with Crippen molar-refractivity contribution >= 4 is 23.2 Å². The van der Waals surface area contributed by atoms with E-state index in [1.54, 1.807) is 24.4 Å². The van der Waals surface area contributed by atoms with Crippen molar-refractivity contribution in [3.05, 3.63) is 81.4 Å². The summed E-state index contributed by atoms with van der Waals surface area (Å²) in [6, 6.07) is 12.9. The van der Waals surface area contributed by atoms with Crippen molar-refractivity contribution < 1.29 is 4.79 Å². The molecule has 1 atom stereocenters. The monoisotopic (exact) mass is 396 g/mol. The van der Waals surface area contributed by atoms with E-state index in [0.717, 1.165) is 31.5 Å². The summed E-state index contributed by atoms with van der Waals surface area (Å²) in [6.07, 6.45) is 5.21. The first-order chi connectivity index (χ1) is 13.6. The number of aromatic nitrogens is 2. The maximum absolute atomic E-state index is 12.7. The molecule has 1 aromatic carbocycles. The zero-order chi connectivity index (χ0) is 19.5. The summed E-state index contributed by atoms with van der Waals surface area (Å²) >= 11 is 6.42. The Balaban J connectivity index is 1.57. The van der Waals surface area contributed by atoms with Gasteiger partial charge in [0.1, 0.15) is 11.2 Å². The predicted molar refractivity (Wildman–Crippen MR) is 109 cm³/mol. The van der Waals surface area contributed by atoms with Crippen LogP contribution in [-0.4, -0.2) is 39.8 Å². The quantitative estimate of drug-likeness (QED) is 0.720. The highest BCUT2D eigenvalue weighted by molar-refractivity contribution is 6.31. The first-order valence-electron chi connectivity index (χ1n) is 9.38. The van der Waals surface area contributed by atoms with E-state index in [0.29, 0.717) is 17.2 Å². The minimum Gasteiger partial charge on any atom is -0.350 e. The minimum absolute atomic E-state index is 0.0306. The molecule has 3 aromatic rings. The maximum atomic E-state index is 12.7. The number of rotatable bonds is 5. The Hall–Kier alpha value is -2.70. The highest BCUT2D eigenvalue weighted by Crippen LogP contribution is 2.29. The van der Waals surface area contributed by atoms with E-state index in [4.69, 9.17) is 11.6 Å². The van der Waals surface area contributed by atoms with Crippen LogP contribution in [0.1, 0.15) is 34.8 Å². The van der Waals surface area contributed by atoms with E-state index in [9.17, 15) is 9.59 Å². The summed E-state index contributed by atoms with van der Waals surface area (Å²) in [5.74, 6) is -0.424. The van der Waals surface area contributed by atoms with Crippen LogP contribution < -0.4 is 10.9 Å². The van der Waals surface area contributed by atoms with Gasteiger partial charge < -0.3 is 5.32 Å². The average Bonchev–Trinajstić information content (AvgIpc) is 3.24. The fourth-order valence-electron chi connectivity index (χ4n) is 3.70. The molecule has 1 amide bonds. The smallest absolute Gasteiger partial charge is 0.270 e. The van der Waals surface area contributed by atoms with Gasteiger partial charge >= 0.3 is 0 Å². The second-order valence-corrected chi connectivity index (χ2v) is 7.30. The first-order valence-corrected chi connectivity index (χ1v) is 9.76. The molecule has 28 heavy (non-hydrogen) atoms. The van der Waals surface area contributed by atoms with Gasteiger partial charge in [-0.15, -0.1) is 0 Å². The molecule has 0 aliphatic carbocycles. The molecule has 1 saturated heterocycles. The topological polar surface area (TPSA) is 66.7 Å². The Morgan fingerprint density at radius 1 is 1.14 bits per heavy atom. The van der Waals surface area contributed by atoms with Gasteiger partial charge in [-0.3, -0.25) is 18.9 Å². The van der Waals surface area contributed by atoms with Crippen molar-refractivity contribution in [2.24, 2.45) is 0 Å². The van der Waals surface area contributed by atoms with Gasteiger partial charge in [0.2, 0.25) is 0 Å². The fourth-order valence-corrected chi connectivity index (χ4v) is 3.96. The Bertz CT molecular complexity index is 1060. The Kier molecular flexibility index (Phi) is 5.41. The van der Waals surface area contributed by atoms with E-state index in [2.05, 4.69) is 15.2 Å². The van der Waals surface area contributed by atoms with Crippen LogP contribution in [0.2, 0.25) is 5.02 Å². The van der Waals surface area contributed by atoms with Crippen molar-refractivity contribution in [3.63, 3.8) is 0 Å². The molecular weight excluding hydrogens is 376 g/mol. The van der Waals surface area contributed by atoms with E-state index < -0.39 is 5.91 Å². The van der Waals surface area contributed by atoms with Crippen molar-refractivity contribution in [1.82, 2.24) is 19.6 Å². The number of likely N-dealkylation sites (tertiary alicyclic amines) is 1. The minimum atomic E-state index is -0.424. The van der Waals surface area contributed by atoms with Crippen molar-refractivity contribution in [2.75, 3.05) is 19.6 Å². The number of nitrogens with zero attached hydrogens (tertiary/aromatic N) is 3. The number of amides is 1. The number of nitrogens with one attached hydrogen (secondary N) is 1. The second kappa shape index (κ2) is 8.12. The van der Waals surface area contributed by atoms with Crippen LogP contribution in [0.25, 0.3) is 5.65 Å². The Morgan fingerprint density at radius 2 is 1.89 bits per heavy atom. The fraction of sp³-hybridized carbons (Fsp3) is 0.286. The Morgan fingerprint density at radius 3 is 2.68 bits per heavy atom. The number of benzene rings is 1. The molecule has 0 bridgehead atoms. The summed E-state index contributed by atoms with van der Waals surface area (Å²) in [5.41, 5.74) is 1.15. The largest absolute Gasteiger partial charge is 0.350 e. The van der Waals surface area contributed by atoms with Gasteiger partial charge in [0.25, 0.3) is 11.5 Å². The number of carbonyl (C=O) groups excluding carboxylic acids is 1. The van der Waals surface area contributed by atoms with E-state index in [1.165, 1.54) is 10.6 Å².